The molecule has 18 heavy (non-hydrogen) atoms. The number of nitrogens with zero attached hydrogens (tertiary/aromatic N) is 2. The smallest absolute Gasteiger partial charge is 0.269 e. The zero-order valence-electron chi connectivity index (χ0n) is 10.7. The molecular weight excluding hydrogens is 232 g/mol. The molecule has 0 spiro atoms. The number of hydrogen-bond donors (Lipinski definition) is 1. The maximum absolute atomic E-state index is 10.7. The summed E-state index contributed by atoms with van der Waals surface area (Å²) in [5.41, 5.74) is 1.38. The Bertz CT molecular complexity index is 467. The van der Waals surface area contributed by atoms with Gasteiger partial charge in [-0.15, -0.1) is 0 Å². The average molecular weight is 250 g/mol. The summed E-state index contributed by atoms with van der Waals surface area (Å²) in [6.45, 7) is 5.14. The van der Waals surface area contributed by atoms with Crippen LogP contribution in [0, 0.1) is 17.0 Å². The van der Waals surface area contributed by atoms with Gasteiger partial charge in [-0.1, -0.05) is 13.3 Å². The minimum Gasteiger partial charge on any atom is -0.386 e. The zero-order chi connectivity index (χ0) is 13.3. The molecule has 5 heteroatoms. The lowest BCUT2D eigenvalue weighted by molar-refractivity contribution is -0.384. The van der Waals surface area contributed by atoms with E-state index in [-0.39, 0.29) is 10.6 Å². The van der Waals surface area contributed by atoms with E-state index >= 15 is 0 Å². The molecule has 2 rings (SSSR count). The predicted molar refractivity (Wildman–Crippen MR) is 69.9 cm³/mol. The molecule has 0 saturated carbocycles. The summed E-state index contributed by atoms with van der Waals surface area (Å²) >= 11 is 0. The lowest BCUT2D eigenvalue weighted by atomic mass is 9.88. The molecule has 1 heterocycles. The summed E-state index contributed by atoms with van der Waals surface area (Å²) in [5.74, 6) is 0. The molecule has 0 unspecified atom stereocenters. The van der Waals surface area contributed by atoms with E-state index < -0.39 is 5.60 Å². The number of aryl methyl sites for hydroxylation is 1. The van der Waals surface area contributed by atoms with Crippen LogP contribution >= 0.6 is 0 Å². The van der Waals surface area contributed by atoms with Gasteiger partial charge in [0.25, 0.3) is 5.69 Å². The van der Waals surface area contributed by atoms with Crippen molar-refractivity contribution in [1.29, 1.82) is 0 Å². The van der Waals surface area contributed by atoms with Crippen molar-refractivity contribution in [1.82, 2.24) is 0 Å². The number of aliphatic hydroxyl groups is 1. The first-order chi connectivity index (χ1) is 8.45. The van der Waals surface area contributed by atoms with Gasteiger partial charge in [-0.05, 0) is 25.0 Å². The summed E-state index contributed by atoms with van der Waals surface area (Å²) in [6.07, 6.45) is 1.76. The first kappa shape index (κ1) is 12.8. The van der Waals surface area contributed by atoms with Crippen molar-refractivity contribution < 1.29 is 10.0 Å². The van der Waals surface area contributed by atoms with Crippen molar-refractivity contribution in [3.05, 3.63) is 33.9 Å². The fourth-order valence-electron chi connectivity index (χ4n) is 2.57. The summed E-state index contributed by atoms with van der Waals surface area (Å²) in [4.78, 5) is 12.3. The van der Waals surface area contributed by atoms with Gasteiger partial charge in [-0.25, -0.2) is 0 Å². The fraction of sp³-hybridized carbons (Fsp3) is 0.538. The molecular formula is C13H18N2O3. The van der Waals surface area contributed by atoms with Crippen LogP contribution in [0.3, 0.4) is 0 Å². The number of benzene rings is 1. The maximum atomic E-state index is 10.7. The number of anilines is 1. The molecule has 1 saturated heterocycles. The van der Waals surface area contributed by atoms with Crippen LogP contribution in [0.2, 0.25) is 0 Å². The Kier molecular flexibility index (Phi) is 3.26. The summed E-state index contributed by atoms with van der Waals surface area (Å²) < 4.78 is 0. The Morgan fingerprint density at radius 2 is 2.17 bits per heavy atom. The third-order valence-electron chi connectivity index (χ3n) is 3.42. The number of non-ortho nitro benzene ring substituents is 1. The van der Waals surface area contributed by atoms with Crippen molar-refractivity contribution in [2.45, 2.75) is 32.3 Å². The Labute approximate surface area is 106 Å². The molecule has 0 amide bonds. The quantitative estimate of drug-likeness (QED) is 0.657. The van der Waals surface area contributed by atoms with Gasteiger partial charge in [-0.2, -0.15) is 0 Å². The molecule has 0 aliphatic carbocycles. The van der Waals surface area contributed by atoms with Crippen LogP contribution in [-0.2, 0) is 0 Å². The highest BCUT2D eigenvalue weighted by Gasteiger charge is 2.40. The molecule has 1 aromatic carbocycles. The van der Waals surface area contributed by atoms with Crippen LogP contribution in [0.1, 0.15) is 25.3 Å². The molecule has 1 aliphatic rings. The van der Waals surface area contributed by atoms with Gasteiger partial charge in [0.1, 0.15) is 0 Å². The van der Waals surface area contributed by atoms with Crippen LogP contribution < -0.4 is 4.90 Å². The lowest BCUT2D eigenvalue weighted by Gasteiger charge is -2.48. The maximum Gasteiger partial charge on any atom is 0.269 e. The molecule has 0 radical (unpaired) electrons. The SMILES string of the molecule is CCCC1(O)CN(c2ccc([N+](=O)[O-])cc2C)C1. The van der Waals surface area contributed by atoms with E-state index in [1.54, 1.807) is 12.1 Å². The van der Waals surface area contributed by atoms with E-state index in [1.807, 2.05) is 6.92 Å². The van der Waals surface area contributed by atoms with Gasteiger partial charge < -0.3 is 10.0 Å². The number of β-amino-alcohol motifs (C(OH)–C–C–N with tert-alkyl or cyclic N) is 1. The molecule has 5 nitrogen and oxygen atoms in total. The lowest BCUT2D eigenvalue weighted by Crippen LogP contribution is -2.62. The number of hydrogen-bond acceptors (Lipinski definition) is 4. The summed E-state index contributed by atoms with van der Waals surface area (Å²) in [6, 6.07) is 4.85. The molecule has 1 N–H and O–H groups in total. The van der Waals surface area contributed by atoms with Crippen molar-refractivity contribution in [3.8, 4) is 0 Å². The summed E-state index contributed by atoms with van der Waals surface area (Å²) in [5, 5.41) is 20.8. The van der Waals surface area contributed by atoms with Crippen LogP contribution in [0.15, 0.2) is 18.2 Å². The molecule has 0 atom stereocenters. The normalized spacial score (nSPS) is 17.4. The number of nitro groups is 1. The van der Waals surface area contributed by atoms with E-state index in [2.05, 4.69) is 11.8 Å². The number of nitro benzene ring substituents is 1. The van der Waals surface area contributed by atoms with E-state index in [9.17, 15) is 15.2 Å². The van der Waals surface area contributed by atoms with Gasteiger partial charge in [0.15, 0.2) is 0 Å². The molecule has 1 aliphatic heterocycles. The van der Waals surface area contributed by atoms with E-state index in [4.69, 9.17) is 0 Å². The van der Waals surface area contributed by atoms with E-state index in [1.165, 1.54) is 6.07 Å². The standard InChI is InChI=1S/C13H18N2O3/c1-3-6-13(16)8-14(9-13)12-5-4-11(15(17)18)7-10(12)2/h4-5,7,16H,3,6,8-9H2,1-2H3. The predicted octanol–water partition coefficient (Wildman–Crippen LogP) is 2.25. The Hall–Kier alpha value is -1.62. The van der Waals surface area contributed by atoms with E-state index in [0.717, 1.165) is 24.1 Å². The third kappa shape index (κ3) is 2.31. The average Bonchev–Trinajstić information content (AvgIpc) is 2.26. The highest BCUT2D eigenvalue weighted by Crippen LogP contribution is 2.34. The monoisotopic (exact) mass is 250 g/mol. The van der Waals surface area contributed by atoms with Gasteiger partial charge in [-0.3, -0.25) is 10.1 Å². The minimum atomic E-state index is -0.580. The van der Waals surface area contributed by atoms with Crippen LogP contribution in [-0.4, -0.2) is 28.7 Å². The van der Waals surface area contributed by atoms with Crippen LogP contribution in [0.25, 0.3) is 0 Å². The van der Waals surface area contributed by atoms with Gasteiger partial charge in [0.05, 0.1) is 10.5 Å². The van der Waals surface area contributed by atoms with Crippen molar-refractivity contribution in [2.75, 3.05) is 18.0 Å². The molecule has 98 valence electrons. The number of rotatable bonds is 4. The molecule has 1 aromatic rings. The van der Waals surface area contributed by atoms with Crippen LogP contribution in [0.5, 0.6) is 0 Å². The third-order valence-corrected chi connectivity index (χ3v) is 3.42. The second-order valence-electron chi connectivity index (χ2n) is 5.06. The highest BCUT2D eigenvalue weighted by molar-refractivity contribution is 5.59. The zero-order valence-corrected chi connectivity index (χ0v) is 10.7. The van der Waals surface area contributed by atoms with E-state index in [0.29, 0.717) is 13.1 Å². The first-order valence-electron chi connectivity index (χ1n) is 6.17. The second kappa shape index (κ2) is 4.57. The second-order valence-corrected chi connectivity index (χ2v) is 5.06. The first-order valence-corrected chi connectivity index (χ1v) is 6.17. The fourth-order valence-corrected chi connectivity index (χ4v) is 2.57. The molecule has 0 aromatic heterocycles. The van der Waals surface area contributed by atoms with Crippen LogP contribution in [0.4, 0.5) is 11.4 Å². The van der Waals surface area contributed by atoms with Crippen molar-refractivity contribution in [3.63, 3.8) is 0 Å². The topological polar surface area (TPSA) is 66.6 Å². The summed E-state index contributed by atoms with van der Waals surface area (Å²) in [7, 11) is 0. The highest BCUT2D eigenvalue weighted by atomic mass is 16.6. The minimum absolute atomic E-state index is 0.112. The Morgan fingerprint density at radius 3 is 2.67 bits per heavy atom. The van der Waals surface area contributed by atoms with Crippen molar-refractivity contribution >= 4 is 11.4 Å². The Morgan fingerprint density at radius 1 is 1.50 bits per heavy atom. The van der Waals surface area contributed by atoms with Gasteiger partial charge in [0, 0.05) is 30.9 Å². The molecule has 0 bridgehead atoms. The van der Waals surface area contributed by atoms with Gasteiger partial charge >= 0.3 is 0 Å². The largest absolute Gasteiger partial charge is 0.386 e. The Balaban J connectivity index is 2.10. The van der Waals surface area contributed by atoms with Crippen molar-refractivity contribution in [2.24, 2.45) is 0 Å². The van der Waals surface area contributed by atoms with Gasteiger partial charge in [0.2, 0.25) is 0 Å². The molecule has 1 fully saturated rings.